The van der Waals surface area contributed by atoms with E-state index in [1.165, 1.54) is 17.5 Å². The second-order valence-electron chi connectivity index (χ2n) is 9.62. The fourth-order valence-corrected chi connectivity index (χ4v) is 6.27. The molecule has 0 N–H and O–H groups in total. The zero-order valence-electron chi connectivity index (χ0n) is 21.2. The van der Waals surface area contributed by atoms with Gasteiger partial charge in [-0.05, 0) is 54.8 Å². The summed E-state index contributed by atoms with van der Waals surface area (Å²) in [5, 5.41) is 13.0. The Bertz CT molecular complexity index is 1580. The van der Waals surface area contributed by atoms with Crippen LogP contribution < -0.4 is 0 Å². The molecular weight excluding hydrogens is 519 g/mol. The van der Waals surface area contributed by atoms with Crippen LogP contribution in [-0.4, -0.2) is 74.8 Å². The Morgan fingerprint density at radius 1 is 1.05 bits per heavy atom. The molecule has 0 spiro atoms. The molecule has 0 amide bonds. The van der Waals surface area contributed by atoms with Crippen molar-refractivity contribution >= 4 is 20.9 Å². The summed E-state index contributed by atoms with van der Waals surface area (Å²) in [6.45, 7) is 3.86. The van der Waals surface area contributed by atoms with Crippen LogP contribution in [0.1, 0.15) is 29.2 Å². The molecule has 1 aliphatic heterocycles. The molecule has 1 saturated heterocycles. The Labute approximate surface area is 218 Å². The van der Waals surface area contributed by atoms with E-state index in [4.69, 9.17) is 0 Å². The molecule has 13 heteroatoms. The third-order valence-electron chi connectivity index (χ3n) is 6.88. The van der Waals surface area contributed by atoms with E-state index in [1.807, 2.05) is 54.9 Å². The summed E-state index contributed by atoms with van der Waals surface area (Å²) in [4.78, 5) is 2.88. The Morgan fingerprint density at radius 3 is 2.53 bits per heavy atom. The lowest BCUT2D eigenvalue weighted by molar-refractivity contribution is -0.140. The number of piperazine rings is 1. The summed E-state index contributed by atoms with van der Waals surface area (Å²) in [7, 11) is -2.45. The van der Waals surface area contributed by atoms with Gasteiger partial charge in [-0.2, -0.15) is 32.5 Å². The van der Waals surface area contributed by atoms with Crippen molar-refractivity contribution in [3.63, 3.8) is 0 Å². The standard InChI is InChI=1S/C25H28F3N7O2S/c1-17-5-4-6-20(11-17)35-22-12-18(2)21(13-19(22)14-30-35)23-16-34(10-9-33(23)8-7-25(26,27)28)38(36,37)24-15-29-32(3)31-24/h4-6,11-15,23H,7-10,16H2,1-3H3. The van der Waals surface area contributed by atoms with Crippen LogP contribution in [0.25, 0.3) is 16.6 Å². The van der Waals surface area contributed by atoms with E-state index in [0.29, 0.717) is 0 Å². The summed E-state index contributed by atoms with van der Waals surface area (Å²) < 4.78 is 69.1. The Balaban J connectivity index is 1.53. The van der Waals surface area contributed by atoms with E-state index in [9.17, 15) is 21.6 Å². The molecule has 1 unspecified atom stereocenters. The number of hydrogen-bond donors (Lipinski definition) is 0. The van der Waals surface area contributed by atoms with Crippen molar-refractivity contribution in [2.24, 2.45) is 7.05 Å². The third kappa shape index (κ3) is 5.18. The van der Waals surface area contributed by atoms with E-state index in [0.717, 1.165) is 38.1 Å². The molecule has 202 valence electrons. The predicted molar refractivity (Wildman–Crippen MR) is 135 cm³/mol. The van der Waals surface area contributed by atoms with Crippen molar-refractivity contribution < 1.29 is 21.6 Å². The lowest BCUT2D eigenvalue weighted by Gasteiger charge is -2.41. The van der Waals surface area contributed by atoms with E-state index in [1.54, 1.807) is 11.1 Å². The number of sulfonamides is 1. The summed E-state index contributed by atoms with van der Waals surface area (Å²) in [5.74, 6) is 0. The highest BCUT2D eigenvalue weighted by Gasteiger charge is 2.38. The van der Waals surface area contributed by atoms with Crippen molar-refractivity contribution in [3.05, 3.63) is 65.5 Å². The molecule has 0 aliphatic carbocycles. The maximum Gasteiger partial charge on any atom is 0.390 e. The average Bonchev–Trinajstić information content (AvgIpc) is 3.48. The maximum absolute atomic E-state index is 13.3. The quantitative estimate of drug-likeness (QED) is 0.365. The van der Waals surface area contributed by atoms with E-state index >= 15 is 0 Å². The van der Waals surface area contributed by atoms with Gasteiger partial charge in [0.1, 0.15) is 0 Å². The molecular formula is C25H28F3N7O2S. The van der Waals surface area contributed by atoms with Crippen LogP contribution in [0.15, 0.2) is 53.8 Å². The molecule has 0 bridgehead atoms. The average molecular weight is 548 g/mol. The first-order chi connectivity index (χ1) is 17.9. The van der Waals surface area contributed by atoms with Gasteiger partial charge >= 0.3 is 6.18 Å². The van der Waals surface area contributed by atoms with Crippen LogP contribution in [0.3, 0.4) is 0 Å². The van der Waals surface area contributed by atoms with Crippen LogP contribution in [-0.2, 0) is 17.1 Å². The number of halogens is 3. The van der Waals surface area contributed by atoms with Crippen LogP contribution in [0, 0.1) is 13.8 Å². The highest BCUT2D eigenvalue weighted by molar-refractivity contribution is 7.89. The number of rotatable bonds is 6. The van der Waals surface area contributed by atoms with Crippen LogP contribution >= 0.6 is 0 Å². The first-order valence-electron chi connectivity index (χ1n) is 12.1. The van der Waals surface area contributed by atoms with Crippen LogP contribution in [0.2, 0.25) is 0 Å². The van der Waals surface area contributed by atoms with E-state index in [-0.39, 0.29) is 31.2 Å². The highest BCUT2D eigenvalue weighted by Crippen LogP contribution is 2.34. The Kier molecular flexibility index (Phi) is 6.78. The second-order valence-corrected chi connectivity index (χ2v) is 11.5. The van der Waals surface area contributed by atoms with Crippen LogP contribution in [0.5, 0.6) is 0 Å². The van der Waals surface area contributed by atoms with E-state index in [2.05, 4.69) is 15.3 Å². The zero-order valence-corrected chi connectivity index (χ0v) is 22.0. The first kappa shape index (κ1) is 26.3. The van der Waals surface area contributed by atoms with Gasteiger partial charge in [0.05, 0.1) is 30.0 Å². The fraction of sp³-hybridized carbons (Fsp3) is 0.400. The molecule has 1 atom stereocenters. The molecule has 3 heterocycles. The summed E-state index contributed by atoms with van der Waals surface area (Å²) in [6.07, 6.45) is -2.40. The van der Waals surface area contributed by atoms with Gasteiger partial charge in [0, 0.05) is 44.7 Å². The van der Waals surface area contributed by atoms with Gasteiger partial charge in [0.25, 0.3) is 10.0 Å². The topological polar surface area (TPSA) is 89.2 Å². The number of nitrogens with zero attached hydrogens (tertiary/aromatic N) is 7. The number of benzene rings is 2. The number of alkyl halides is 3. The lowest BCUT2D eigenvalue weighted by atomic mass is 9.96. The Morgan fingerprint density at radius 2 is 1.84 bits per heavy atom. The molecule has 0 saturated carbocycles. The van der Waals surface area contributed by atoms with Gasteiger partial charge in [-0.3, -0.25) is 4.90 Å². The lowest BCUT2D eigenvalue weighted by Crippen LogP contribution is -2.51. The van der Waals surface area contributed by atoms with Crippen molar-refractivity contribution in [1.29, 1.82) is 0 Å². The molecule has 5 rings (SSSR count). The first-order valence-corrected chi connectivity index (χ1v) is 13.6. The number of fused-ring (bicyclic) bond motifs is 1. The smallest absolute Gasteiger partial charge is 0.293 e. The Hall–Kier alpha value is -3.29. The van der Waals surface area contributed by atoms with Gasteiger partial charge in [-0.25, -0.2) is 13.1 Å². The number of aryl methyl sites for hydroxylation is 3. The monoisotopic (exact) mass is 547 g/mol. The molecule has 2 aromatic heterocycles. The van der Waals surface area contributed by atoms with Gasteiger partial charge in [0.15, 0.2) is 0 Å². The summed E-state index contributed by atoms with van der Waals surface area (Å²) >= 11 is 0. The minimum atomic E-state index is -4.32. The zero-order chi connectivity index (χ0) is 27.2. The van der Waals surface area contributed by atoms with E-state index < -0.39 is 28.7 Å². The van der Waals surface area contributed by atoms with Gasteiger partial charge in [-0.1, -0.05) is 12.1 Å². The van der Waals surface area contributed by atoms with Gasteiger partial charge in [0.2, 0.25) is 5.03 Å². The van der Waals surface area contributed by atoms with Crippen molar-refractivity contribution in [2.75, 3.05) is 26.2 Å². The number of hydrogen-bond acceptors (Lipinski definition) is 6. The van der Waals surface area contributed by atoms with Gasteiger partial charge in [-0.15, -0.1) is 5.10 Å². The normalized spacial score (nSPS) is 17.9. The van der Waals surface area contributed by atoms with Crippen molar-refractivity contribution in [2.45, 2.75) is 37.5 Å². The second kappa shape index (κ2) is 9.79. The summed E-state index contributed by atoms with van der Waals surface area (Å²) in [6, 6.07) is 11.2. The molecule has 38 heavy (non-hydrogen) atoms. The largest absolute Gasteiger partial charge is 0.390 e. The SMILES string of the molecule is Cc1cccc(-n2ncc3cc(C4CN(S(=O)(=O)c5cnn(C)n5)CCN4CCC(F)(F)F)c(C)cc32)c1. The van der Waals surface area contributed by atoms with Gasteiger partial charge < -0.3 is 0 Å². The minimum Gasteiger partial charge on any atom is -0.293 e. The third-order valence-corrected chi connectivity index (χ3v) is 8.61. The van der Waals surface area contributed by atoms with Crippen LogP contribution in [0.4, 0.5) is 13.2 Å². The highest BCUT2D eigenvalue weighted by atomic mass is 32.2. The number of aromatic nitrogens is 5. The summed E-state index contributed by atoms with van der Waals surface area (Å²) in [5.41, 5.74) is 4.46. The molecule has 2 aromatic carbocycles. The molecule has 0 radical (unpaired) electrons. The van der Waals surface area contributed by atoms with Crippen molar-refractivity contribution in [3.8, 4) is 5.69 Å². The molecule has 1 fully saturated rings. The predicted octanol–water partition coefficient (Wildman–Crippen LogP) is 3.77. The fourth-order valence-electron chi connectivity index (χ4n) is 4.95. The maximum atomic E-state index is 13.3. The molecule has 9 nitrogen and oxygen atoms in total. The molecule has 4 aromatic rings. The molecule has 1 aliphatic rings. The van der Waals surface area contributed by atoms with Crippen molar-refractivity contribution in [1.82, 2.24) is 34.0 Å². The minimum absolute atomic E-state index is 0.00483.